The van der Waals surface area contributed by atoms with Gasteiger partial charge >= 0.3 is 6.09 Å². The maximum atomic E-state index is 12.3. The summed E-state index contributed by atoms with van der Waals surface area (Å²) in [5.74, 6) is 0.543. The predicted molar refractivity (Wildman–Crippen MR) is 93.4 cm³/mol. The van der Waals surface area contributed by atoms with Crippen molar-refractivity contribution in [2.75, 3.05) is 18.1 Å². The SMILES string of the molecule is CCCCCC(CCC)CN(C(=O)OCC)c1ccccc1. The third-order valence-corrected chi connectivity index (χ3v) is 3.91. The second kappa shape index (κ2) is 11.1. The van der Waals surface area contributed by atoms with Gasteiger partial charge in [-0.25, -0.2) is 4.79 Å². The van der Waals surface area contributed by atoms with Gasteiger partial charge in [0.15, 0.2) is 0 Å². The van der Waals surface area contributed by atoms with Gasteiger partial charge in [-0.15, -0.1) is 0 Å². The van der Waals surface area contributed by atoms with E-state index in [9.17, 15) is 4.79 Å². The molecule has 124 valence electrons. The minimum Gasteiger partial charge on any atom is -0.449 e. The number of rotatable bonds is 10. The first-order valence-electron chi connectivity index (χ1n) is 8.72. The number of nitrogens with zero attached hydrogens (tertiary/aromatic N) is 1. The zero-order valence-electron chi connectivity index (χ0n) is 14.4. The molecule has 1 rings (SSSR count). The number of anilines is 1. The summed E-state index contributed by atoms with van der Waals surface area (Å²) in [6, 6.07) is 9.86. The van der Waals surface area contributed by atoms with Crippen LogP contribution in [0.3, 0.4) is 0 Å². The van der Waals surface area contributed by atoms with Crippen LogP contribution in [0.4, 0.5) is 10.5 Å². The van der Waals surface area contributed by atoms with Gasteiger partial charge in [-0.1, -0.05) is 57.7 Å². The van der Waals surface area contributed by atoms with E-state index < -0.39 is 0 Å². The van der Waals surface area contributed by atoms with Gasteiger partial charge in [-0.05, 0) is 37.8 Å². The Morgan fingerprint density at radius 1 is 1.05 bits per heavy atom. The summed E-state index contributed by atoms with van der Waals surface area (Å²) in [5.41, 5.74) is 0.928. The molecule has 0 aliphatic heterocycles. The quantitative estimate of drug-likeness (QED) is 0.523. The van der Waals surface area contributed by atoms with E-state index in [1.165, 1.54) is 25.7 Å². The molecule has 0 aliphatic rings. The average molecular weight is 305 g/mol. The molecular formula is C19H31NO2. The summed E-state index contributed by atoms with van der Waals surface area (Å²) in [4.78, 5) is 14.1. The van der Waals surface area contributed by atoms with Gasteiger partial charge in [0.1, 0.15) is 0 Å². The van der Waals surface area contributed by atoms with E-state index >= 15 is 0 Å². The lowest BCUT2D eigenvalue weighted by atomic mass is 9.96. The highest BCUT2D eigenvalue weighted by atomic mass is 16.6. The molecule has 1 atom stereocenters. The molecule has 22 heavy (non-hydrogen) atoms. The van der Waals surface area contributed by atoms with E-state index in [0.29, 0.717) is 12.5 Å². The van der Waals surface area contributed by atoms with Gasteiger partial charge in [0.25, 0.3) is 0 Å². The number of benzene rings is 1. The van der Waals surface area contributed by atoms with Crippen molar-refractivity contribution < 1.29 is 9.53 Å². The number of carbonyl (C=O) groups is 1. The Kier molecular flexibility index (Phi) is 9.36. The van der Waals surface area contributed by atoms with Crippen molar-refractivity contribution in [3.63, 3.8) is 0 Å². The van der Waals surface area contributed by atoms with Crippen LogP contribution in [0.1, 0.15) is 59.3 Å². The van der Waals surface area contributed by atoms with Gasteiger partial charge in [-0.2, -0.15) is 0 Å². The molecular weight excluding hydrogens is 274 g/mol. The van der Waals surface area contributed by atoms with E-state index in [-0.39, 0.29) is 6.09 Å². The number of ether oxygens (including phenoxy) is 1. The van der Waals surface area contributed by atoms with Gasteiger partial charge in [0, 0.05) is 12.2 Å². The zero-order chi connectivity index (χ0) is 16.2. The summed E-state index contributed by atoms with van der Waals surface area (Å²) in [7, 11) is 0. The number of hydrogen-bond donors (Lipinski definition) is 0. The van der Waals surface area contributed by atoms with Crippen LogP contribution in [0.2, 0.25) is 0 Å². The van der Waals surface area contributed by atoms with Crippen molar-refractivity contribution in [1.29, 1.82) is 0 Å². The monoisotopic (exact) mass is 305 g/mol. The Balaban J connectivity index is 2.78. The summed E-state index contributed by atoms with van der Waals surface area (Å²) in [6.45, 7) is 7.45. The largest absolute Gasteiger partial charge is 0.449 e. The van der Waals surface area contributed by atoms with Crippen LogP contribution in [0.15, 0.2) is 30.3 Å². The smallest absolute Gasteiger partial charge is 0.414 e. The van der Waals surface area contributed by atoms with Crippen LogP contribution in [-0.2, 0) is 4.74 Å². The second-order valence-electron chi connectivity index (χ2n) is 5.80. The molecule has 3 heteroatoms. The number of para-hydroxylation sites is 1. The fraction of sp³-hybridized carbons (Fsp3) is 0.632. The molecule has 0 aromatic heterocycles. The Morgan fingerprint density at radius 3 is 2.36 bits per heavy atom. The molecule has 3 nitrogen and oxygen atoms in total. The molecule has 0 fully saturated rings. The Bertz CT molecular complexity index is 405. The number of carbonyl (C=O) groups excluding carboxylic acids is 1. The van der Waals surface area contributed by atoms with Gasteiger partial charge < -0.3 is 4.74 Å². The molecule has 0 N–H and O–H groups in total. The Hall–Kier alpha value is -1.51. The van der Waals surface area contributed by atoms with Crippen molar-refractivity contribution in [1.82, 2.24) is 0 Å². The Morgan fingerprint density at radius 2 is 1.77 bits per heavy atom. The average Bonchev–Trinajstić information content (AvgIpc) is 2.53. The van der Waals surface area contributed by atoms with E-state index in [1.54, 1.807) is 4.90 Å². The van der Waals surface area contributed by atoms with Crippen LogP contribution in [0.5, 0.6) is 0 Å². The van der Waals surface area contributed by atoms with Crippen molar-refractivity contribution >= 4 is 11.8 Å². The zero-order valence-corrected chi connectivity index (χ0v) is 14.4. The first-order chi connectivity index (χ1) is 10.7. The van der Waals surface area contributed by atoms with Gasteiger partial charge in [-0.3, -0.25) is 4.90 Å². The van der Waals surface area contributed by atoms with Crippen LogP contribution in [0, 0.1) is 5.92 Å². The minimum atomic E-state index is -0.231. The summed E-state index contributed by atoms with van der Waals surface area (Å²) >= 11 is 0. The molecule has 0 radical (unpaired) electrons. The minimum absolute atomic E-state index is 0.231. The number of hydrogen-bond acceptors (Lipinski definition) is 2. The topological polar surface area (TPSA) is 29.5 Å². The molecule has 1 unspecified atom stereocenters. The molecule has 0 saturated carbocycles. The maximum absolute atomic E-state index is 12.3. The standard InChI is InChI=1S/C19H31NO2/c1-4-7-9-13-17(12-5-2)16-20(19(21)22-6-3)18-14-10-8-11-15-18/h8,10-11,14-15,17H,4-7,9,12-13,16H2,1-3H3. The van der Waals surface area contributed by atoms with E-state index in [0.717, 1.165) is 25.1 Å². The van der Waals surface area contributed by atoms with E-state index in [1.807, 2.05) is 37.3 Å². The van der Waals surface area contributed by atoms with E-state index in [2.05, 4.69) is 13.8 Å². The summed E-state index contributed by atoms with van der Waals surface area (Å²) in [6.07, 6.45) is 7.01. The van der Waals surface area contributed by atoms with Gasteiger partial charge in [0.2, 0.25) is 0 Å². The van der Waals surface area contributed by atoms with Crippen LogP contribution >= 0.6 is 0 Å². The van der Waals surface area contributed by atoms with Crippen molar-refractivity contribution in [3.05, 3.63) is 30.3 Å². The molecule has 1 aromatic rings. The lowest BCUT2D eigenvalue weighted by molar-refractivity contribution is 0.158. The van der Waals surface area contributed by atoms with Crippen LogP contribution in [-0.4, -0.2) is 19.2 Å². The number of amides is 1. The fourth-order valence-corrected chi connectivity index (χ4v) is 2.77. The first-order valence-corrected chi connectivity index (χ1v) is 8.72. The summed E-state index contributed by atoms with van der Waals surface area (Å²) < 4.78 is 5.25. The van der Waals surface area contributed by atoms with Crippen molar-refractivity contribution in [2.45, 2.75) is 59.3 Å². The molecule has 0 heterocycles. The van der Waals surface area contributed by atoms with Crippen LogP contribution in [0.25, 0.3) is 0 Å². The lowest BCUT2D eigenvalue weighted by Crippen LogP contribution is -2.36. The first kappa shape index (κ1) is 18.5. The fourth-order valence-electron chi connectivity index (χ4n) is 2.77. The summed E-state index contributed by atoms with van der Waals surface area (Å²) in [5, 5.41) is 0. The molecule has 0 aliphatic carbocycles. The van der Waals surface area contributed by atoms with Crippen LogP contribution < -0.4 is 4.90 Å². The van der Waals surface area contributed by atoms with Crippen molar-refractivity contribution in [2.24, 2.45) is 5.92 Å². The molecule has 0 spiro atoms. The normalized spacial score (nSPS) is 12.0. The number of unbranched alkanes of at least 4 members (excludes halogenated alkanes) is 2. The molecule has 0 saturated heterocycles. The maximum Gasteiger partial charge on any atom is 0.414 e. The second-order valence-corrected chi connectivity index (χ2v) is 5.80. The highest BCUT2D eigenvalue weighted by Crippen LogP contribution is 2.22. The van der Waals surface area contributed by atoms with Gasteiger partial charge in [0.05, 0.1) is 6.61 Å². The highest BCUT2D eigenvalue weighted by molar-refractivity contribution is 5.87. The molecule has 1 aromatic carbocycles. The molecule has 0 bridgehead atoms. The highest BCUT2D eigenvalue weighted by Gasteiger charge is 2.21. The lowest BCUT2D eigenvalue weighted by Gasteiger charge is -2.27. The predicted octanol–water partition coefficient (Wildman–Crippen LogP) is 5.65. The third kappa shape index (κ3) is 6.50. The Labute approximate surface area is 135 Å². The van der Waals surface area contributed by atoms with E-state index in [4.69, 9.17) is 4.74 Å². The molecule has 1 amide bonds. The third-order valence-electron chi connectivity index (χ3n) is 3.91. The van der Waals surface area contributed by atoms with Crippen molar-refractivity contribution in [3.8, 4) is 0 Å².